The molecule has 0 spiro atoms. The molecular weight excluding hydrogens is 200 g/mol. The molecule has 1 rings (SSSR count). The van der Waals surface area contributed by atoms with Gasteiger partial charge >= 0.3 is 0 Å². The largest absolute Gasteiger partial charge is 0.326 e. The fraction of sp³-hybridized carbons (Fsp3) is 0.308. The summed E-state index contributed by atoms with van der Waals surface area (Å²) >= 11 is 0. The number of aryl methyl sites for hydroxylation is 1. The molecule has 84 valence electrons. The standard InChI is InChI=1S/C13H16N2O/c1-3-13(16)15-12-7-6-11(5-4-8-14)9-10(12)2/h6-7,9H,3,8,14H2,1-2H3,(H,15,16). The van der Waals surface area contributed by atoms with Gasteiger partial charge in [-0.3, -0.25) is 4.79 Å². The van der Waals surface area contributed by atoms with Crippen LogP contribution in [0, 0.1) is 18.8 Å². The molecule has 0 radical (unpaired) electrons. The first-order valence-corrected chi connectivity index (χ1v) is 5.26. The Balaban J connectivity index is 2.87. The molecule has 0 aliphatic rings. The Labute approximate surface area is 96.0 Å². The number of carbonyl (C=O) groups excluding carboxylic acids is 1. The van der Waals surface area contributed by atoms with Crippen molar-refractivity contribution in [1.29, 1.82) is 0 Å². The van der Waals surface area contributed by atoms with Crippen LogP contribution in [-0.4, -0.2) is 12.5 Å². The summed E-state index contributed by atoms with van der Waals surface area (Å²) in [6, 6.07) is 5.68. The Bertz CT molecular complexity index is 441. The van der Waals surface area contributed by atoms with E-state index in [1.165, 1.54) is 0 Å². The third-order valence-electron chi connectivity index (χ3n) is 2.16. The van der Waals surface area contributed by atoms with Crippen LogP contribution in [0.5, 0.6) is 0 Å². The molecular formula is C13H16N2O. The Morgan fingerprint density at radius 2 is 2.25 bits per heavy atom. The lowest BCUT2D eigenvalue weighted by Gasteiger charge is -2.07. The van der Waals surface area contributed by atoms with Crippen molar-refractivity contribution < 1.29 is 4.79 Å². The molecule has 1 amide bonds. The highest BCUT2D eigenvalue weighted by atomic mass is 16.1. The van der Waals surface area contributed by atoms with Crippen LogP contribution < -0.4 is 11.1 Å². The van der Waals surface area contributed by atoms with E-state index in [0.29, 0.717) is 13.0 Å². The van der Waals surface area contributed by atoms with E-state index in [0.717, 1.165) is 16.8 Å². The van der Waals surface area contributed by atoms with E-state index in [-0.39, 0.29) is 5.91 Å². The van der Waals surface area contributed by atoms with Gasteiger partial charge in [-0.25, -0.2) is 0 Å². The minimum Gasteiger partial charge on any atom is -0.326 e. The van der Waals surface area contributed by atoms with Crippen molar-refractivity contribution in [2.75, 3.05) is 11.9 Å². The molecule has 0 unspecified atom stereocenters. The van der Waals surface area contributed by atoms with Crippen LogP contribution in [0.15, 0.2) is 18.2 Å². The van der Waals surface area contributed by atoms with Crippen molar-refractivity contribution in [2.24, 2.45) is 5.73 Å². The van der Waals surface area contributed by atoms with E-state index in [1.54, 1.807) is 0 Å². The highest BCUT2D eigenvalue weighted by molar-refractivity contribution is 5.91. The second-order valence-electron chi connectivity index (χ2n) is 3.44. The number of nitrogens with one attached hydrogen (secondary N) is 1. The minimum absolute atomic E-state index is 0.0175. The van der Waals surface area contributed by atoms with E-state index < -0.39 is 0 Å². The van der Waals surface area contributed by atoms with Gasteiger partial charge in [-0.1, -0.05) is 18.8 Å². The van der Waals surface area contributed by atoms with Gasteiger partial charge in [0.15, 0.2) is 0 Å². The fourth-order valence-corrected chi connectivity index (χ4v) is 1.27. The zero-order valence-electron chi connectivity index (χ0n) is 9.63. The third-order valence-corrected chi connectivity index (χ3v) is 2.16. The molecule has 3 nitrogen and oxygen atoms in total. The number of carbonyl (C=O) groups is 1. The summed E-state index contributed by atoms with van der Waals surface area (Å²) in [4.78, 5) is 11.2. The average molecular weight is 216 g/mol. The normalized spacial score (nSPS) is 9.19. The lowest BCUT2D eigenvalue weighted by molar-refractivity contribution is -0.115. The molecule has 16 heavy (non-hydrogen) atoms. The molecule has 3 heteroatoms. The highest BCUT2D eigenvalue weighted by Gasteiger charge is 2.02. The van der Waals surface area contributed by atoms with Gasteiger partial charge in [-0.05, 0) is 30.7 Å². The summed E-state index contributed by atoms with van der Waals surface area (Å²) in [6.07, 6.45) is 0.480. The zero-order valence-corrected chi connectivity index (χ0v) is 9.63. The molecule has 1 aromatic rings. The van der Waals surface area contributed by atoms with Gasteiger partial charge in [0.05, 0.1) is 6.54 Å². The molecule has 0 saturated carbocycles. The highest BCUT2D eigenvalue weighted by Crippen LogP contribution is 2.16. The molecule has 0 heterocycles. The van der Waals surface area contributed by atoms with Crippen LogP contribution >= 0.6 is 0 Å². The van der Waals surface area contributed by atoms with Crippen molar-refractivity contribution in [3.63, 3.8) is 0 Å². The molecule has 1 aromatic carbocycles. The summed E-state index contributed by atoms with van der Waals surface area (Å²) in [6.45, 7) is 4.12. The Morgan fingerprint density at radius 3 is 2.81 bits per heavy atom. The van der Waals surface area contributed by atoms with Crippen LogP contribution in [-0.2, 0) is 4.79 Å². The average Bonchev–Trinajstić information content (AvgIpc) is 2.29. The molecule has 0 saturated heterocycles. The molecule has 0 aromatic heterocycles. The predicted molar refractivity (Wildman–Crippen MR) is 66.0 cm³/mol. The minimum atomic E-state index is 0.0175. The van der Waals surface area contributed by atoms with E-state index >= 15 is 0 Å². The van der Waals surface area contributed by atoms with Crippen molar-refractivity contribution in [1.82, 2.24) is 0 Å². The Kier molecular flexibility index (Phi) is 4.56. The van der Waals surface area contributed by atoms with Crippen LogP contribution in [0.4, 0.5) is 5.69 Å². The van der Waals surface area contributed by atoms with Gasteiger partial charge in [0.1, 0.15) is 0 Å². The smallest absolute Gasteiger partial charge is 0.224 e. The van der Waals surface area contributed by atoms with Gasteiger partial charge in [0.2, 0.25) is 5.91 Å². The molecule has 0 bridgehead atoms. The quantitative estimate of drug-likeness (QED) is 0.739. The van der Waals surface area contributed by atoms with Crippen LogP contribution in [0.1, 0.15) is 24.5 Å². The first kappa shape index (κ1) is 12.3. The lowest BCUT2D eigenvalue weighted by atomic mass is 10.1. The Morgan fingerprint density at radius 1 is 1.50 bits per heavy atom. The number of hydrogen-bond donors (Lipinski definition) is 2. The summed E-state index contributed by atoms with van der Waals surface area (Å²) in [5, 5.41) is 2.83. The fourth-order valence-electron chi connectivity index (χ4n) is 1.27. The molecule has 0 atom stereocenters. The van der Waals surface area contributed by atoms with Gasteiger partial charge in [0.25, 0.3) is 0 Å². The summed E-state index contributed by atoms with van der Waals surface area (Å²) < 4.78 is 0. The third kappa shape index (κ3) is 3.41. The monoisotopic (exact) mass is 216 g/mol. The van der Waals surface area contributed by atoms with Crippen molar-refractivity contribution in [3.8, 4) is 11.8 Å². The van der Waals surface area contributed by atoms with E-state index in [2.05, 4.69) is 17.2 Å². The van der Waals surface area contributed by atoms with Crippen LogP contribution in [0.3, 0.4) is 0 Å². The van der Waals surface area contributed by atoms with Crippen molar-refractivity contribution in [3.05, 3.63) is 29.3 Å². The van der Waals surface area contributed by atoms with E-state index in [1.807, 2.05) is 32.0 Å². The van der Waals surface area contributed by atoms with E-state index in [4.69, 9.17) is 5.73 Å². The number of anilines is 1. The number of amides is 1. The molecule has 0 aliphatic carbocycles. The maximum atomic E-state index is 11.2. The van der Waals surface area contributed by atoms with E-state index in [9.17, 15) is 4.79 Å². The summed E-state index contributed by atoms with van der Waals surface area (Å²) in [5.41, 5.74) is 8.06. The van der Waals surface area contributed by atoms with Gasteiger partial charge in [-0.15, -0.1) is 0 Å². The molecule has 0 aliphatic heterocycles. The van der Waals surface area contributed by atoms with Gasteiger partial charge in [-0.2, -0.15) is 0 Å². The maximum absolute atomic E-state index is 11.2. The van der Waals surface area contributed by atoms with Gasteiger partial charge in [0, 0.05) is 17.7 Å². The number of benzene rings is 1. The first-order chi connectivity index (χ1) is 7.67. The topological polar surface area (TPSA) is 55.1 Å². The van der Waals surface area contributed by atoms with Crippen molar-refractivity contribution >= 4 is 11.6 Å². The SMILES string of the molecule is CCC(=O)Nc1ccc(C#CCN)cc1C. The van der Waals surface area contributed by atoms with Gasteiger partial charge < -0.3 is 11.1 Å². The molecule has 3 N–H and O–H groups in total. The lowest BCUT2D eigenvalue weighted by Crippen LogP contribution is -2.10. The predicted octanol–water partition coefficient (Wildman–Crippen LogP) is 1.65. The maximum Gasteiger partial charge on any atom is 0.224 e. The second kappa shape index (κ2) is 5.94. The summed E-state index contributed by atoms with van der Waals surface area (Å²) in [7, 11) is 0. The van der Waals surface area contributed by atoms with Crippen LogP contribution in [0.2, 0.25) is 0 Å². The summed E-state index contributed by atoms with van der Waals surface area (Å²) in [5.74, 6) is 5.76. The van der Waals surface area contributed by atoms with Crippen LogP contribution in [0.25, 0.3) is 0 Å². The zero-order chi connectivity index (χ0) is 12.0. The first-order valence-electron chi connectivity index (χ1n) is 5.26. The van der Waals surface area contributed by atoms with Crippen molar-refractivity contribution in [2.45, 2.75) is 20.3 Å². The second-order valence-corrected chi connectivity index (χ2v) is 3.44. The molecule has 0 fully saturated rings. The Hall–Kier alpha value is -1.79. The number of rotatable bonds is 2. The number of hydrogen-bond acceptors (Lipinski definition) is 2. The number of nitrogens with two attached hydrogens (primary N) is 1.